The molecule has 0 N–H and O–H groups in total. The van der Waals surface area contributed by atoms with E-state index >= 15 is 0 Å². The van der Waals surface area contributed by atoms with Crippen LogP contribution in [-0.4, -0.2) is 18.1 Å². The van der Waals surface area contributed by atoms with Crippen molar-refractivity contribution in [3.05, 3.63) is 62.2 Å². The average Bonchev–Trinajstić information content (AvgIpc) is 2.72. The lowest BCUT2D eigenvalue weighted by Gasteiger charge is -2.17. The van der Waals surface area contributed by atoms with Crippen LogP contribution in [-0.2, 0) is 0 Å². The maximum absolute atomic E-state index is 12.5. The van der Waals surface area contributed by atoms with Crippen LogP contribution in [0.5, 0.6) is 0 Å². The fourth-order valence-electron chi connectivity index (χ4n) is 2.42. The number of rotatable bonds is 2. The van der Waals surface area contributed by atoms with Crippen LogP contribution in [0.3, 0.4) is 0 Å². The third kappa shape index (κ3) is 2.08. The summed E-state index contributed by atoms with van der Waals surface area (Å²) in [5.41, 5.74) is 2.50. The van der Waals surface area contributed by atoms with E-state index in [2.05, 4.69) is 22.6 Å². The molecule has 0 spiro atoms. The highest BCUT2D eigenvalue weighted by Crippen LogP contribution is 2.32. The van der Waals surface area contributed by atoms with Crippen molar-refractivity contribution in [1.29, 1.82) is 0 Å². The van der Waals surface area contributed by atoms with Gasteiger partial charge in [0.2, 0.25) is 0 Å². The molecule has 0 fully saturated rings. The van der Waals surface area contributed by atoms with E-state index in [4.69, 9.17) is 0 Å². The first-order chi connectivity index (χ1) is 10.0. The summed E-state index contributed by atoms with van der Waals surface area (Å²) in [6, 6.07) is 10.1. The highest BCUT2D eigenvalue weighted by Gasteiger charge is 2.37. The van der Waals surface area contributed by atoms with Crippen molar-refractivity contribution in [3.63, 3.8) is 0 Å². The summed E-state index contributed by atoms with van der Waals surface area (Å²) in [7, 11) is 0. The number of nitrogens with zero attached hydrogens (tertiary/aromatic N) is 1. The van der Waals surface area contributed by atoms with Gasteiger partial charge in [0.25, 0.3) is 11.8 Å². The number of aldehydes is 1. The summed E-state index contributed by atoms with van der Waals surface area (Å²) in [6.45, 7) is 1.82. The van der Waals surface area contributed by atoms with E-state index in [0.717, 1.165) is 20.3 Å². The van der Waals surface area contributed by atoms with Gasteiger partial charge in [-0.25, -0.2) is 4.90 Å². The van der Waals surface area contributed by atoms with Crippen LogP contribution in [0.1, 0.15) is 36.6 Å². The first-order valence-electron chi connectivity index (χ1n) is 6.27. The smallest absolute Gasteiger partial charge is 0.266 e. The van der Waals surface area contributed by atoms with Crippen molar-refractivity contribution >= 4 is 46.4 Å². The second-order valence-corrected chi connectivity index (χ2v) is 5.93. The maximum Gasteiger partial charge on any atom is 0.266 e. The molecular weight excluding hydrogens is 381 g/mol. The summed E-state index contributed by atoms with van der Waals surface area (Å²) in [4.78, 5) is 37.2. The van der Waals surface area contributed by atoms with Gasteiger partial charge in [0.1, 0.15) is 0 Å². The molecule has 0 aromatic heterocycles. The lowest BCUT2D eigenvalue weighted by Crippen LogP contribution is -2.30. The molecule has 1 aliphatic heterocycles. The molecule has 0 radical (unpaired) electrons. The number of anilines is 1. The Balaban J connectivity index is 2.17. The quantitative estimate of drug-likeness (QED) is 0.449. The van der Waals surface area contributed by atoms with Crippen molar-refractivity contribution in [1.82, 2.24) is 0 Å². The number of imide groups is 1. The number of hydrogen-bond acceptors (Lipinski definition) is 3. The van der Waals surface area contributed by atoms with Crippen LogP contribution in [0.15, 0.2) is 36.4 Å². The van der Waals surface area contributed by atoms with Crippen LogP contribution < -0.4 is 4.90 Å². The third-order valence-electron chi connectivity index (χ3n) is 3.48. The molecule has 3 rings (SSSR count). The van der Waals surface area contributed by atoms with Crippen molar-refractivity contribution in [3.8, 4) is 0 Å². The van der Waals surface area contributed by atoms with E-state index in [1.807, 2.05) is 6.92 Å². The number of amides is 2. The van der Waals surface area contributed by atoms with E-state index in [9.17, 15) is 14.4 Å². The Morgan fingerprint density at radius 1 is 1.05 bits per heavy atom. The predicted molar refractivity (Wildman–Crippen MR) is 86.9 cm³/mol. The molecule has 5 heteroatoms. The average molecular weight is 391 g/mol. The minimum Gasteiger partial charge on any atom is -0.298 e. The Hall–Kier alpha value is -2.02. The van der Waals surface area contributed by atoms with Crippen molar-refractivity contribution in [2.45, 2.75) is 6.92 Å². The van der Waals surface area contributed by atoms with Gasteiger partial charge in [0.15, 0.2) is 6.29 Å². The Kier molecular flexibility index (Phi) is 3.36. The molecule has 0 bridgehead atoms. The minimum absolute atomic E-state index is 0.350. The van der Waals surface area contributed by atoms with Crippen molar-refractivity contribution in [2.75, 3.05) is 4.90 Å². The van der Waals surface area contributed by atoms with Gasteiger partial charge in [-0.2, -0.15) is 0 Å². The number of hydrogen-bond donors (Lipinski definition) is 0. The van der Waals surface area contributed by atoms with Gasteiger partial charge in [-0.3, -0.25) is 14.4 Å². The number of halogens is 1. The predicted octanol–water partition coefficient (Wildman–Crippen LogP) is 3.21. The first kappa shape index (κ1) is 13.9. The van der Waals surface area contributed by atoms with Gasteiger partial charge in [-0.15, -0.1) is 0 Å². The molecule has 1 aliphatic rings. The van der Waals surface area contributed by atoms with E-state index in [-0.39, 0.29) is 11.8 Å². The summed E-state index contributed by atoms with van der Waals surface area (Å²) < 4.78 is 0.792. The fraction of sp³-hybridized carbons (Fsp3) is 0.0625. The molecule has 2 aromatic rings. The van der Waals surface area contributed by atoms with E-state index in [1.54, 1.807) is 36.4 Å². The van der Waals surface area contributed by atoms with Gasteiger partial charge in [0.05, 0.1) is 16.8 Å². The molecular formula is C16H10INO3. The lowest BCUT2D eigenvalue weighted by molar-refractivity contribution is 0.0925. The summed E-state index contributed by atoms with van der Waals surface area (Å²) in [5.74, 6) is -0.700. The van der Waals surface area contributed by atoms with Crippen LogP contribution >= 0.6 is 22.6 Å². The molecule has 104 valence electrons. The number of fused-ring (bicyclic) bond motifs is 1. The van der Waals surface area contributed by atoms with E-state index in [1.165, 1.54) is 0 Å². The summed E-state index contributed by atoms with van der Waals surface area (Å²) in [5, 5.41) is 0. The molecule has 21 heavy (non-hydrogen) atoms. The number of aryl methyl sites for hydroxylation is 1. The molecule has 2 amide bonds. The SMILES string of the molecule is Cc1cc(I)c(C=O)cc1N1C(=O)c2ccccc2C1=O. The van der Waals surface area contributed by atoms with Crippen LogP contribution in [0.25, 0.3) is 0 Å². The minimum atomic E-state index is -0.350. The molecule has 1 heterocycles. The van der Waals surface area contributed by atoms with Crippen molar-refractivity contribution in [2.24, 2.45) is 0 Å². The second-order valence-electron chi connectivity index (χ2n) is 4.77. The van der Waals surface area contributed by atoms with E-state index in [0.29, 0.717) is 22.4 Å². The lowest BCUT2D eigenvalue weighted by atomic mass is 10.1. The van der Waals surface area contributed by atoms with Gasteiger partial charge in [0, 0.05) is 9.13 Å². The highest BCUT2D eigenvalue weighted by molar-refractivity contribution is 14.1. The normalized spacial score (nSPS) is 13.5. The maximum atomic E-state index is 12.5. The first-order valence-corrected chi connectivity index (χ1v) is 7.35. The number of carbonyl (C=O) groups is 3. The molecule has 0 aliphatic carbocycles. The zero-order chi connectivity index (χ0) is 15.1. The third-order valence-corrected chi connectivity index (χ3v) is 4.41. The summed E-state index contributed by atoms with van der Waals surface area (Å²) in [6.07, 6.45) is 0.725. The van der Waals surface area contributed by atoms with Gasteiger partial charge in [-0.1, -0.05) is 12.1 Å². The topological polar surface area (TPSA) is 54.5 Å². The number of benzene rings is 2. The van der Waals surface area contributed by atoms with Crippen molar-refractivity contribution < 1.29 is 14.4 Å². The largest absolute Gasteiger partial charge is 0.298 e. The zero-order valence-electron chi connectivity index (χ0n) is 11.1. The van der Waals surface area contributed by atoms with Crippen LogP contribution in [0.2, 0.25) is 0 Å². The second kappa shape index (κ2) is 5.07. The molecule has 0 atom stereocenters. The Morgan fingerprint density at radius 3 is 2.14 bits per heavy atom. The summed E-state index contributed by atoms with van der Waals surface area (Å²) >= 11 is 2.06. The van der Waals surface area contributed by atoms with E-state index < -0.39 is 0 Å². The molecule has 0 saturated heterocycles. The van der Waals surface area contributed by atoms with Crippen LogP contribution in [0.4, 0.5) is 5.69 Å². The standard InChI is InChI=1S/C16H10INO3/c1-9-6-13(17)10(8-19)7-14(9)18-15(20)11-4-2-3-5-12(11)16(18)21/h2-8H,1H3. The highest BCUT2D eigenvalue weighted by atomic mass is 127. The monoisotopic (exact) mass is 391 g/mol. The van der Waals surface area contributed by atoms with Gasteiger partial charge < -0.3 is 0 Å². The Morgan fingerprint density at radius 2 is 1.62 bits per heavy atom. The molecule has 0 unspecified atom stereocenters. The zero-order valence-corrected chi connectivity index (χ0v) is 13.2. The molecule has 0 saturated carbocycles. The van der Waals surface area contributed by atoms with Gasteiger partial charge >= 0.3 is 0 Å². The fourth-order valence-corrected chi connectivity index (χ4v) is 3.17. The Labute approximate surface area is 134 Å². The van der Waals surface area contributed by atoms with Crippen LogP contribution in [0, 0.1) is 10.5 Å². The van der Waals surface area contributed by atoms with Gasteiger partial charge in [-0.05, 0) is 59.3 Å². The number of carbonyl (C=O) groups excluding carboxylic acids is 3. The molecule has 4 nitrogen and oxygen atoms in total. The Bertz CT molecular complexity index is 763. The molecule has 2 aromatic carbocycles.